The Balaban J connectivity index is 3.36. The highest BCUT2D eigenvalue weighted by Gasteiger charge is 2.64. The van der Waals surface area contributed by atoms with Crippen molar-refractivity contribution in [3.63, 3.8) is 0 Å². The van der Waals surface area contributed by atoms with E-state index in [9.17, 15) is 24.9 Å². The molecule has 1 fully saturated rings. The largest absolute Gasteiger partial charge is 0.410 e. The van der Waals surface area contributed by atoms with Crippen LogP contribution in [-0.4, -0.2) is 72.3 Å². The molecule has 0 radical (unpaired) electrons. The Morgan fingerprint density at radius 1 is 1.18 bits per heavy atom. The Morgan fingerprint density at radius 2 is 1.73 bits per heavy atom. The van der Waals surface area contributed by atoms with Crippen LogP contribution in [0, 0.1) is 17.8 Å². The fourth-order valence-electron chi connectivity index (χ4n) is 4.13. The normalized spacial score (nSPS) is 26.0. The molecule has 0 aliphatic carbocycles. The number of aliphatic hydroxyl groups excluding tert-OH is 3. The predicted molar refractivity (Wildman–Crippen MR) is 131 cm³/mol. The Labute approximate surface area is 200 Å². The second-order valence-corrected chi connectivity index (χ2v) is 15.8. The fraction of sp³-hybridized carbons (Fsp3) is 0.840. The van der Waals surface area contributed by atoms with Gasteiger partial charge in [0.05, 0.1) is 43.4 Å². The molecule has 0 amide bonds. The minimum absolute atomic E-state index is 0.0846. The first-order chi connectivity index (χ1) is 15.1. The lowest BCUT2D eigenvalue weighted by molar-refractivity contribution is -0.140. The molecular weight excluding hydrogens is 440 g/mol. The van der Waals surface area contributed by atoms with Gasteiger partial charge < -0.3 is 24.5 Å². The summed E-state index contributed by atoms with van der Waals surface area (Å²) in [6.45, 7) is 16.9. The van der Waals surface area contributed by atoms with Crippen molar-refractivity contribution in [2.45, 2.75) is 103 Å². The van der Waals surface area contributed by atoms with Crippen molar-refractivity contribution in [2.24, 2.45) is 17.8 Å². The summed E-state index contributed by atoms with van der Waals surface area (Å²) in [5, 5.41) is 30.7. The van der Waals surface area contributed by atoms with Gasteiger partial charge in [-0.05, 0) is 32.0 Å². The SMILES string of the molecule is C/C=C\[C@H](C)[C@H]1O[C@]1(C)[C@@H](O[Si](C)(C)C(C)(C)C)[C@@H](CO)C(=O)[C@H](CO)[C@@H](O)CC(=O)CC. The minimum atomic E-state index is -2.39. The number of aliphatic hydroxyl groups is 3. The molecule has 0 aromatic rings. The van der Waals surface area contributed by atoms with Crippen LogP contribution in [0.4, 0.5) is 0 Å². The molecule has 0 unspecified atom stereocenters. The third-order valence-electron chi connectivity index (χ3n) is 7.44. The van der Waals surface area contributed by atoms with Crippen molar-refractivity contribution < 1.29 is 34.1 Å². The van der Waals surface area contributed by atoms with Gasteiger partial charge in [0.25, 0.3) is 0 Å². The zero-order chi connectivity index (χ0) is 25.8. The highest BCUT2D eigenvalue weighted by atomic mass is 28.4. The average Bonchev–Trinajstić information content (AvgIpc) is 3.40. The summed E-state index contributed by atoms with van der Waals surface area (Å²) in [7, 11) is -2.39. The fourth-order valence-corrected chi connectivity index (χ4v) is 5.51. The van der Waals surface area contributed by atoms with E-state index >= 15 is 0 Å². The van der Waals surface area contributed by atoms with Crippen LogP contribution in [0.1, 0.15) is 61.3 Å². The molecule has 1 saturated heterocycles. The van der Waals surface area contributed by atoms with E-state index in [0.717, 1.165) is 0 Å². The van der Waals surface area contributed by atoms with Crippen LogP contribution in [0.5, 0.6) is 0 Å². The van der Waals surface area contributed by atoms with Crippen LogP contribution in [0.15, 0.2) is 12.2 Å². The minimum Gasteiger partial charge on any atom is -0.410 e. The number of hydrogen-bond acceptors (Lipinski definition) is 7. The van der Waals surface area contributed by atoms with Gasteiger partial charge in [-0.1, -0.05) is 46.8 Å². The van der Waals surface area contributed by atoms with Gasteiger partial charge in [0.15, 0.2) is 8.32 Å². The average molecular weight is 487 g/mol. The molecular formula is C25H46O7Si. The van der Waals surface area contributed by atoms with E-state index in [0.29, 0.717) is 0 Å². The van der Waals surface area contributed by atoms with Gasteiger partial charge in [0.1, 0.15) is 17.2 Å². The molecule has 1 aliphatic heterocycles. The van der Waals surface area contributed by atoms with Gasteiger partial charge in [0, 0.05) is 18.8 Å². The van der Waals surface area contributed by atoms with Crippen LogP contribution >= 0.6 is 0 Å². The van der Waals surface area contributed by atoms with Crippen molar-refractivity contribution in [3.05, 3.63) is 12.2 Å². The van der Waals surface area contributed by atoms with E-state index in [1.54, 1.807) is 6.92 Å². The summed E-state index contributed by atoms with van der Waals surface area (Å²) in [5.74, 6) is -2.80. The molecule has 3 N–H and O–H groups in total. The molecule has 7 atom stereocenters. The first kappa shape index (κ1) is 30.1. The smallest absolute Gasteiger partial charge is 0.192 e. The second kappa shape index (κ2) is 11.7. The van der Waals surface area contributed by atoms with Gasteiger partial charge in [-0.25, -0.2) is 0 Å². The van der Waals surface area contributed by atoms with E-state index in [4.69, 9.17) is 9.16 Å². The lowest BCUT2D eigenvalue weighted by atomic mass is 9.79. The van der Waals surface area contributed by atoms with E-state index in [2.05, 4.69) is 33.9 Å². The molecule has 0 aromatic carbocycles. The van der Waals surface area contributed by atoms with Gasteiger partial charge >= 0.3 is 0 Å². The lowest BCUT2D eigenvalue weighted by Crippen LogP contribution is -2.55. The summed E-state index contributed by atoms with van der Waals surface area (Å²) in [4.78, 5) is 25.4. The molecule has 1 heterocycles. The molecule has 0 spiro atoms. The van der Waals surface area contributed by atoms with E-state index in [-0.39, 0.29) is 35.7 Å². The van der Waals surface area contributed by atoms with E-state index < -0.39 is 57.0 Å². The highest BCUT2D eigenvalue weighted by Crippen LogP contribution is 2.50. The monoisotopic (exact) mass is 486 g/mol. The Bertz CT molecular complexity index is 699. The molecule has 1 rings (SSSR count). The quantitative estimate of drug-likeness (QED) is 0.196. The van der Waals surface area contributed by atoms with Crippen molar-refractivity contribution in [1.29, 1.82) is 0 Å². The number of rotatable bonds is 14. The standard InChI is InChI=1S/C25H46O7Si/c1-10-12-16(3)22-25(7,31-22)23(32-33(8,9)24(4,5)6)19(15-27)21(30)18(14-26)20(29)13-17(28)11-2/h10,12,16,18-20,22-23,26-27,29H,11,13-15H2,1-9H3/b12-10-/t16-,18+,19-,20-,22+,23-,25-/m0/s1. The molecule has 33 heavy (non-hydrogen) atoms. The zero-order valence-electron chi connectivity index (χ0n) is 21.9. The number of allylic oxidation sites excluding steroid dienone is 1. The van der Waals surface area contributed by atoms with E-state index in [1.807, 2.05) is 32.9 Å². The van der Waals surface area contributed by atoms with Crippen LogP contribution in [0.2, 0.25) is 18.1 Å². The highest BCUT2D eigenvalue weighted by molar-refractivity contribution is 6.74. The first-order valence-electron chi connectivity index (χ1n) is 12.0. The molecule has 0 saturated carbocycles. The van der Waals surface area contributed by atoms with Crippen LogP contribution in [0.25, 0.3) is 0 Å². The number of hydrogen-bond donors (Lipinski definition) is 3. The number of carbonyl (C=O) groups excluding carboxylic acids is 2. The molecule has 1 aliphatic rings. The maximum atomic E-state index is 13.5. The van der Waals surface area contributed by atoms with Gasteiger partial charge in [0.2, 0.25) is 0 Å². The van der Waals surface area contributed by atoms with Gasteiger partial charge in [-0.2, -0.15) is 0 Å². The zero-order valence-corrected chi connectivity index (χ0v) is 22.9. The third kappa shape index (κ3) is 7.05. The van der Waals surface area contributed by atoms with Crippen LogP contribution in [-0.2, 0) is 18.8 Å². The second-order valence-electron chi connectivity index (χ2n) is 11.1. The summed E-state index contributed by atoms with van der Waals surface area (Å²) < 4.78 is 12.8. The summed E-state index contributed by atoms with van der Waals surface area (Å²) in [6, 6.07) is 0. The Kier molecular flexibility index (Phi) is 10.7. The number of ether oxygens (including phenoxy) is 1. The van der Waals surface area contributed by atoms with Crippen LogP contribution in [0.3, 0.4) is 0 Å². The first-order valence-corrected chi connectivity index (χ1v) is 15.0. The van der Waals surface area contributed by atoms with Crippen molar-refractivity contribution in [2.75, 3.05) is 13.2 Å². The van der Waals surface area contributed by atoms with Gasteiger partial charge in [-0.15, -0.1) is 0 Å². The molecule has 192 valence electrons. The summed E-state index contributed by atoms with van der Waals surface area (Å²) >= 11 is 0. The molecule has 0 aromatic heterocycles. The topological polar surface area (TPSA) is 117 Å². The predicted octanol–water partition coefficient (Wildman–Crippen LogP) is 3.26. The van der Waals surface area contributed by atoms with Crippen LogP contribution < -0.4 is 0 Å². The lowest BCUT2D eigenvalue weighted by Gasteiger charge is -2.43. The molecule has 0 bridgehead atoms. The van der Waals surface area contributed by atoms with Gasteiger partial charge in [-0.3, -0.25) is 9.59 Å². The molecule has 7 nitrogen and oxygen atoms in total. The summed E-state index contributed by atoms with van der Waals surface area (Å²) in [5.41, 5.74) is -0.804. The number of epoxide rings is 1. The van der Waals surface area contributed by atoms with Crippen molar-refractivity contribution >= 4 is 19.9 Å². The van der Waals surface area contributed by atoms with Crippen molar-refractivity contribution in [3.8, 4) is 0 Å². The number of Topliss-reactive ketones (excluding diaryl/α,β-unsaturated/α-hetero) is 2. The Hall–Kier alpha value is -0.903. The van der Waals surface area contributed by atoms with Crippen molar-refractivity contribution in [1.82, 2.24) is 0 Å². The number of ketones is 2. The molecule has 8 heteroatoms. The Morgan fingerprint density at radius 3 is 2.15 bits per heavy atom. The third-order valence-corrected chi connectivity index (χ3v) is 11.9. The maximum Gasteiger partial charge on any atom is 0.192 e. The van der Waals surface area contributed by atoms with E-state index in [1.165, 1.54) is 0 Å². The maximum absolute atomic E-state index is 13.5. The summed E-state index contributed by atoms with van der Waals surface area (Å²) in [6.07, 6.45) is 1.75. The number of carbonyl (C=O) groups is 2.